The lowest BCUT2D eigenvalue weighted by Gasteiger charge is -2.10. The molecule has 0 radical (unpaired) electrons. The summed E-state index contributed by atoms with van der Waals surface area (Å²) in [6.45, 7) is 4.31. The van der Waals surface area contributed by atoms with Gasteiger partial charge in [0.25, 0.3) is 6.47 Å². The van der Waals surface area contributed by atoms with E-state index in [0.29, 0.717) is 6.47 Å². The van der Waals surface area contributed by atoms with Gasteiger partial charge in [-0.3, -0.25) is 4.79 Å². The van der Waals surface area contributed by atoms with Crippen LogP contribution >= 0.6 is 0 Å². The molecule has 1 fully saturated rings. The van der Waals surface area contributed by atoms with Gasteiger partial charge in [-0.25, -0.2) is 0 Å². The molecule has 1 N–H and O–H groups in total. The van der Waals surface area contributed by atoms with Crippen molar-refractivity contribution in [3.63, 3.8) is 0 Å². The van der Waals surface area contributed by atoms with E-state index in [2.05, 4.69) is 6.58 Å². The second-order valence-corrected chi connectivity index (χ2v) is 2.75. The van der Waals surface area contributed by atoms with Crippen LogP contribution in [-0.2, 0) is 9.53 Å². The molecule has 0 aromatic carbocycles. The van der Waals surface area contributed by atoms with Crippen LogP contribution in [-0.4, -0.2) is 24.3 Å². The molecule has 1 saturated carbocycles. The van der Waals surface area contributed by atoms with Crippen LogP contribution in [0.4, 0.5) is 0 Å². The van der Waals surface area contributed by atoms with E-state index in [4.69, 9.17) is 9.84 Å². The van der Waals surface area contributed by atoms with Gasteiger partial charge < -0.3 is 9.84 Å². The SMILES string of the molecule is C=C1C(CO)CC[C@H]1OC=O. The first-order valence-corrected chi connectivity index (χ1v) is 3.68. The molecule has 0 aliphatic heterocycles. The minimum atomic E-state index is -0.162. The number of hydrogen-bond donors (Lipinski definition) is 1. The average Bonchev–Trinajstić information content (AvgIpc) is 2.34. The Kier molecular flexibility index (Phi) is 2.65. The van der Waals surface area contributed by atoms with Crippen molar-refractivity contribution < 1.29 is 14.6 Å². The molecule has 0 aromatic heterocycles. The fourth-order valence-electron chi connectivity index (χ4n) is 1.42. The number of carbonyl (C=O) groups excluding carboxylic acids is 1. The van der Waals surface area contributed by atoms with E-state index in [-0.39, 0.29) is 18.6 Å². The van der Waals surface area contributed by atoms with E-state index >= 15 is 0 Å². The number of carbonyl (C=O) groups is 1. The van der Waals surface area contributed by atoms with E-state index in [0.717, 1.165) is 18.4 Å². The topological polar surface area (TPSA) is 46.5 Å². The number of ether oxygens (including phenoxy) is 1. The quantitative estimate of drug-likeness (QED) is 0.477. The largest absolute Gasteiger partial charge is 0.460 e. The van der Waals surface area contributed by atoms with Crippen molar-refractivity contribution in [1.82, 2.24) is 0 Å². The summed E-state index contributed by atoms with van der Waals surface area (Å²) in [5.41, 5.74) is 0.847. The van der Waals surface area contributed by atoms with Crippen LogP contribution in [0.3, 0.4) is 0 Å². The maximum atomic E-state index is 9.98. The molecule has 1 rings (SSSR count). The maximum absolute atomic E-state index is 9.98. The lowest BCUT2D eigenvalue weighted by Crippen LogP contribution is -2.12. The third-order valence-electron chi connectivity index (χ3n) is 2.16. The molecule has 0 saturated heterocycles. The van der Waals surface area contributed by atoms with Crippen LogP contribution in [0.5, 0.6) is 0 Å². The molecule has 1 unspecified atom stereocenters. The van der Waals surface area contributed by atoms with Crippen LogP contribution in [0.2, 0.25) is 0 Å². The minimum Gasteiger partial charge on any atom is -0.460 e. The van der Waals surface area contributed by atoms with Gasteiger partial charge in [-0.1, -0.05) is 6.58 Å². The second-order valence-electron chi connectivity index (χ2n) is 2.75. The second kappa shape index (κ2) is 3.53. The first-order chi connectivity index (χ1) is 5.29. The van der Waals surface area contributed by atoms with Crippen molar-refractivity contribution in [1.29, 1.82) is 0 Å². The summed E-state index contributed by atoms with van der Waals surface area (Å²) >= 11 is 0. The highest BCUT2D eigenvalue weighted by atomic mass is 16.5. The van der Waals surface area contributed by atoms with Gasteiger partial charge in [0.1, 0.15) is 6.10 Å². The number of aliphatic hydroxyl groups excluding tert-OH is 1. The zero-order valence-electron chi connectivity index (χ0n) is 6.32. The lowest BCUT2D eigenvalue weighted by molar-refractivity contribution is -0.131. The molecule has 0 amide bonds. The zero-order chi connectivity index (χ0) is 8.27. The fraction of sp³-hybridized carbons (Fsp3) is 0.625. The Morgan fingerprint density at radius 1 is 1.73 bits per heavy atom. The summed E-state index contributed by atoms with van der Waals surface area (Å²) in [6.07, 6.45) is 1.50. The van der Waals surface area contributed by atoms with Crippen molar-refractivity contribution in [3.8, 4) is 0 Å². The first-order valence-electron chi connectivity index (χ1n) is 3.68. The molecule has 3 heteroatoms. The monoisotopic (exact) mass is 156 g/mol. The fourth-order valence-corrected chi connectivity index (χ4v) is 1.42. The predicted molar refractivity (Wildman–Crippen MR) is 39.9 cm³/mol. The van der Waals surface area contributed by atoms with Crippen molar-refractivity contribution >= 4 is 6.47 Å². The van der Waals surface area contributed by atoms with Crippen molar-refractivity contribution in [2.24, 2.45) is 5.92 Å². The molecule has 3 nitrogen and oxygen atoms in total. The van der Waals surface area contributed by atoms with Crippen LogP contribution < -0.4 is 0 Å². The summed E-state index contributed by atoms with van der Waals surface area (Å²) in [5.74, 6) is 0.125. The third kappa shape index (κ3) is 1.60. The number of hydrogen-bond acceptors (Lipinski definition) is 3. The van der Waals surface area contributed by atoms with Crippen molar-refractivity contribution in [3.05, 3.63) is 12.2 Å². The summed E-state index contributed by atoms with van der Waals surface area (Å²) in [4.78, 5) is 9.98. The highest BCUT2D eigenvalue weighted by Crippen LogP contribution is 2.31. The Morgan fingerprint density at radius 3 is 2.91 bits per heavy atom. The zero-order valence-corrected chi connectivity index (χ0v) is 6.32. The predicted octanol–water partition coefficient (Wildman–Crippen LogP) is 0.486. The third-order valence-corrected chi connectivity index (χ3v) is 2.16. The molecule has 1 aliphatic rings. The molecule has 0 heterocycles. The van der Waals surface area contributed by atoms with E-state index in [1.54, 1.807) is 0 Å². The van der Waals surface area contributed by atoms with Crippen molar-refractivity contribution in [2.75, 3.05) is 6.61 Å². The van der Waals surface area contributed by atoms with Gasteiger partial charge >= 0.3 is 0 Å². The Hall–Kier alpha value is -0.830. The highest BCUT2D eigenvalue weighted by molar-refractivity contribution is 5.39. The molecule has 0 spiro atoms. The maximum Gasteiger partial charge on any atom is 0.293 e. The highest BCUT2D eigenvalue weighted by Gasteiger charge is 2.29. The van der Waals surface area contributed by atoms with Gasteiger partial charge in [-0.05, 0) is 18.4 Å². The summed E-state index contributed by atoms with van der Waals surface area (Å²) < 4.78 is 4.76. The van der Waals surface area contributed by atoms with E-state index < -0.39 is 0 Å². The van der Waals surface area contributed by atoms with Crippen LogP contribution in [0.25, 0.3) is 0 Å². The molecule has 11 heavy (non-hydrogen) atoms. The van der Waals surface area contributed by atoms with E-state index in [1.807, 2.05) is 0 Å². The Morgan fingerprint density at radius 2 is 2.45 bits per heavy atom. The lowest BCUT2D eigenvalue weighted by atomic mass is 10.1. The van der Waals surface area contributed by atoms with Crippen LogP contribution in [0, 0.1) is 5.92 Å². The molecule has 1 aliphatic carbocycles. The molecule has 0 bridgehead atoms. The Labute approximate surface area is 65.7 Å². The van der Waals surface area contributed by atoms with Gasteiger partial charge in [-0.2, -0.15) is 0 Å². The standard InChI is InChI=1S/C8H12O3/c1-6-7(4-9)2-3-8(6)11-5-10/h5,7-9H,1-4H2/t7?,8-/m1/s1. The number of aliphatic hydroxyl groups is 1. The minimum absolute atomic E-state index is 0.109. The summed E-state index contributed by atoms with van der Waals surface area (Å²) in [6, 6.07) is 0. The van der Waals surface area contributed by atoms with Crippen LogP contribution in [0.15, 0.2) is 12.2 Å². The van der Waals surface area contributed by atoms with Crippen molar-refractivity contribution in [2.45, 2.75) is 18.9 Å². The normalized spacial score (nSPS) is 30.5. The molecule has 2 atom stereocenters. The van der Waals surface area contributed by atoms with Gasteiger partial charge in [0, 0.05) is 12.5 Å². The van der Waals surface area contributed by atoms with Gasteiger partial charge in [0.05, 0.1) is 0 Å². The van der Waals surface area contributed by atoms with Gasteiger partial charge in [-0.15, -0.1) is 0 Å². The summed E-state index contributed by atoms with van der Waals surface area (Å²) in [7, 11) is 0. The Bertz CT molecular complexity index is 165. The van der Waals surface area contributed by atoms with Crippen LogP contribution in [0.1, 0.15) is 12.8 Å². The first kappa shape index (κ1) is 8.27. The summed E-state index contributed by atoms with van der Waals surface area (Å²) in [5, 5.41) is 8.82. The van der Waals surface area contributed by atoms with Gasteiger partial charge in [0.15, 0.2) is 0 Å². The molecular weight excluding hydrogens is 144 g/mol. The number of rotatable bonds is 3. The van der Waals surface area contributed by atoms with E-state index in [1.165, 1.54) is 0 Å². The average molecular weight is 156 g/mol. The molecular formula is C8H12O3. The van der Waals surface area contributed by atoms with E-state index in [9.17, 15) is 4.79 Å². The van der Waals surface area contributed by atoms with Gasteiger partial charge in [0.2, 0.25) is 0 Å². The molecule has 0 aromatic rings. The molecule has 62 valence electrons. The Balaban J connectivity index is 2.48. The smallest absolute Gasteiger partial charge is 0.293 e.